The highest BCUT2D eigenvalue weighted by Crippen LogP contribution is 2.15. The third kappa shape index (κ3) is 4.81. The van der Waals surface area contributed by atoms with Crippen LogP contribution in [0.5, 0.6) is 0 Å². The van der Waals surface area contributed by atoms with Gasteiger partial charge in [-0.25, -0.2) is 4.99 Å². The summed E-state index contributed by atoms with van der Waals surface area (Å²) in [5.74, 6) is 1.43. The third-order valence-electron chi connectivity index (χ3n) is 3.94. The van der Waals surface area contributed by atoms with Gasteiger partial charge in [-0.1, -0.05) is 6.92 Å². The SMILES string of the molecule is CC1CCN(C(N)=NCC(=O)N2CCCC2)CC1.I. The van der Waals surface area contributed by atoms with Crippen LogP contribution < -0.4 is 5.73 Å². The van der Waals surface area contributed by atoms with Crippen LogP contribution in [0.4, 0.5) is 0 Å². The molecule has 110 valence electrons. The summed E-state index contributed by atoms with van der Waals surface area (Å²) < 4.78 is 0. The summed E-state index contributed by atoms with van der Waals surface area (Å²) in [5, 5.41) is 0. The van der Waals surface area contributed by atoms with E-state index >= 15 is 0 Å². The first-order valence-corrected chi connectivity index (χ1v) is 6.99. The number of nitrogens with two attached hydrogens (primary N) is 1. The zero-order chi connectivity index (χ0) is 13.0. The van der Waals surface area contributed by atoms with E-state index in [4.69, 9.17) is 5.73 Å². The van der Waals surface area contributed by atoms with Crippen LogP contribution in [0.2, 0.25) is 0 Å². The second-order valence-electron chi connectivity index (χ2n) is 5.43. The van der Waals surface area contributed by atoms with Gasteiger partial charge >= 0.3 is 0 Å². The van der Waals surface area contributed by atoms with Crippen molar-refractivity contribution in [2.24, 2.45) is 16.6 Å². The molecule has 0 aliphatic carbocycles. The van der Waals surface area contributed by atoms with E-state index in [-0.39, 0.29) is 36.4 Å². The molecule has 2 saturated heterocycles. The number of amides is 1. The lowest BCUT2D eigenvalue weighted by Gasteiger charge is -2.31. The highest BCUT2D eigenvalue weighted by molar-refractivity contribution is 14.0. The van der Waals surface area contributed by atoms with E-state index in [1.807, 2.05) is 4.90 Å². The Morgan fingerprint density at radius 3 is 2.32 bits per heavy atom. The molecule has 0 radical (unpaired) electrons. The number of carbonyl (C=O) groups is 1. The molecule has 0 aromatic heterocycles. The maximum Gasteiger partial charge on any atom is 0.244 e. The second-order valence-corrected chi connectivity index (χ2v) is 5.43. The Labute approximate surface area is 132 Å². The number of aliphatic imine (C=N–C) groups is 1. The van der Waals surface area contributed by atoms with Gasteiger partial charge < -0.3 is 15.5 Å². The fourth-order valence-electron chi connectivity index (χ4n) is 2.55. The predicted octanol–water partition coefficient (Wildman–Crippen LogP) is 1.27. The van der Waals surface area contributed by atoms with Gasteiger partial charge in [-0.2, -0.15) is 0 Å². The summed E-state index contributed by atoms with van der Waals surface area (Å²) in [7, 11) is 0. The quantitative estimate of drug-likeness (QED) is 0.446. The molecule has 0 unspecified atom stereocenters. The molecule has 19 heavy (non-hydrogen) atoms. The van der Waals surface area contributed by atoms with Crippen LogP contribution in [-0.2, 0) is 4.79 Å². The van der Waals surface area contributed by atoms with E-state index in [1.165, 1.54) is 0 Å². The Morgan fingerprint density at radius 1 is 1.16 bits per heavy atom. The number of piperidine rings is 1. The van der Waals surface area contributed by atoms with Gasteiger partial charge in [-0.05, 0) is 31.6 Å². The molecule has 2 aliphatic heterocycles. The smallest absolute Gasteiger partial charge is 0.244 e. The molecule has 1 amide bonds. The molecule has 6 heteroatoms. The molecule has 0 saturated carbocycles. The van der Waals surface area contributed by atoms with Crippen molar-refractivity contribution in [1.29, 1.82) is 0 Å². The van der Waals surface area contributed by atoms with E-state index in [1.54, 1.807) is 0 Å². The van der Waals surface area contributed by atoms with Crippen molar-refractivity contribution in [3.8, 4) is 0 Å². The molecular formula is C13H25IN4O. The predicted molar refractivity (Wildman–Crippen MR) is 87.7 cm³/mol. The zero-order valence-corrected chi connectivity index (χ0v) is 14.0. The standard InChI is InChI=1S/C13H24N4O.HI/c1-11-4-8-17(9-5-11)13(14)15-10-12(18)16-6-2-3-7-16;/h11H,2-10H2,1H3,(H2,14,15);1H. The van der Waals surface area contributed by atoms with Crippen molar-refractivity contribution in [3.63, 3.8) is 0 Å². The van der Waals surface area contributed by atoms with Crippen LogP contribution in [-0.4, -0.2) is 54.4 Å². The molecule has 2 fully saturated rings. The lowest BCUT2D eigenvalue weighted by atomic mass is 10.00. The second kappa shape index (κ2) is 7.91. The Balaban J connectivity index is 0.00000180. The van der Waals surface area contributed by atoms with E-state index in [9.17, 15) is 4.79 Å². The van der Waals surface area contributed by atoms with Gasteiger partial charge in [-0.15, -0.1) is 24.0 Å². The van der Waals surface area contributed by atoms with Gasteiger partial charge in [0.15, 0.2) is 5.96 Å². The number of rotatable bonds is 2. The number of carbonyl (C=O) groups excluding carboxylic acids is 1. The Bertz CT molecular complexity index is 321. The lowest BCUT2D eigenvalue weighted by molar-refractivity contribution is -0.128. The topological polar surface area (TPSA) is 61.9 Å². The normalized spacial score (nSPS) is 21.4. The number of hydrogen-bond acceptors (Lipinski definition) is 2. The van der Waals surface area contributed by atoms with Gasteiger partial charge in [0, 0.05) is 26.2 Å². The van der Waals surface area contributed by atoms with Gasteiger partial charge in [0.2, 0.25) is 5.91 Å². The number of halogens is 1. The maximum atomic E-state index is 11.8. The van der Waals surface area contributed by atoms with E-state index in [2.05, 4.69) is 16.8 Å². The molecule has 0 bridgehead atoms. The van der Waals surface area contributed by atoms with Crippen LogP contribution in [0, 0.1) is 5.92 Å². The summed E-state index contributed by atoms with van der Waals surface area (Å²) in [6.07, 6.45) is 4.57. The molecule has 2 rings (SSSR count). The van der Waals surface area contributed by atoms with E-state index < -0.39 is 0 Å². The van der Waals surface area contributed by atoms with Crippen LogP contribution in [0.25, 0.3) is 0 Å². The van der Waals surface area contributed by atoms with Crippen molar-refractivity contribution >= 4 is 35.8 Å². The van der Waals surface area contributed by atoms with Crippen molar-refractivity contribution in [2.45, 2.75) is 32.6 Å². The van der Waals surface area contributed by atoms with Crippen LogP contribution in [0.1, 0.15) is 32.6 Å². The molecule has 5 nitrogen and oxygen atoms in total. The summed E-state index contributed by atoms with van der Waals surface area (Å²) in [4.78, 5) is 20.1. The largest absolute Gasteiger partial charge is 0.370 e. The Morgan fingerprint density at radius 2 is 1.74 bits per heavy atom. The minimum atomic E-state index is 0. The highest BCUT2D eigenvalue weighted by Gasteiger charge is 2.19. The van der Waals surface area contributed by atoms with Crippen molar-refractivity contribution in [1.82, 2.24) is 9.80 Å². The van der Waals surface area contributed by atoms with Crippen molar-refractivity contribution < 1.29 is 4.79 Å². The average molecular weight is 380 g/mol. The van der Waals surface area contributed by atoms with Crippen LogP contribution in [0.15, 0.2) is 4.99 Å². The maximum absolute atomic E-state index is 11.8. The number of likely N-dealkylation sites (tertiary alicyclic amines) is 2. The summed E-state index contributed by atoms with van der Waals surface area (Å²) in [5.41, 5.74) is 5.95. The number of hydrogen-bond donors (Lipinski definition) is 1. The fraction of sp³-hybridized carbons (Fsp3) is 0.846. The molecule has 0 atom stereocenters. The van der Waals surface area contributed by atoms with Gasteiger partial charge in [0.05, 0.1) is 0 Å². The first kappa shape index (κ1) is 16.5. The monoisotopic (exact) mass is 380 g/mol. The third-order valence-corrected chi connectivity index (χ3v) is 3.94. The Kier molecular flexibility index (Phi) is 6.88. The first-order chi connectivity index (χ1) is 8.66. The summed E-state index contributed by atoms with van der Waals surface area (Å²) in [6, 6.07) is 0. The van der Waals surface area contributed by atoms with E-state index in [0.29, 0.717) is 5.96 Å². The summed E-state index contributed by atoms with van der Waals surface area (Å²) in [6.45, 7) is 6.17. The molecule has 2 heterocycles. The number of nitrogens with zero attached hydrogens (tertiary/aromatic N) is 3. The molecule has 0 spiro atoms. The summed E-state index contributed by atoms with van der Waals surface area (Å²) >= 11 is 0. The fourth-order valence-corrected chi connectivity index (χ4v) is 2.55. The van der Waals surface area contributed by atoms with Crippen LogP contribution in [0.3, 0.4) is 0 Å². The van der Waals surface area contributed by atoms with Crippen molar-refractivity contribution in [2.75, 3.05) is 32.7 Å². The minimum Gasteiger partial charge on any atom is -0.370 e. The van der Waals surface area contributed by atoms with Gasteiger partial charge in [0.25, 0.3) is 0 Å². The molecule has 2 N–H and O–H groups in total. The highest BCUT2D eigenvalue weighted by atomic mass is 127. The molecule has 0 aromatic rings. The molecule has 0 aromatic carbocycles. The molecule has 2 aliphatic rings. The minimum absolute atomic E-state index is 0. The first-order valence-electron chi connectivity index (χ1n) is 6.99. The van der Waals surface area contributed by atoms with Crippen LogP contribution >= 0.6 is 24.0 Å². The average Bonchev–Trinajstić information content (AvgIpc) is 2.90. The van der Waals surface area contributed by atoms with Crippen molar-refractivity contribution in [3.05, 3.63) is 0 Å². The van der Waals surface area contributed by atoms with E-state index in [0.717, 1.165) is 57.8 Å². The van der Waals surface area contributed by atoms with Gasteiger partial charge in [0.1, 0.15) is 6.54 Å². The zero-order valence-electron chi connectivity index (χ0n) is 11.7. The Hall–Kier alpha value is -0.530. The lowest BCUT2D eigenvalue weighted by Crippen LogP contribution is -2.43. The van der Waals surface area contributed by atoms with Gasteiger partial charge in [-0.3, -0.25) is 4.79 Å². The molecular weight excluding hydrogens is 355 g/mol. The number of guanidine groups is 1.